The van der Waals surface area contributed by atoms with E-state index in [4.69, 9.17) is 10.00 Å². The van der Waals surface area contributed by atoms with Crippen LogP contribution in [0.5, 0.6) is 5.75 Å². The van der Waals surface area contributed by atoms with Gasteiger partial charge in [-0.25, -0.2) is 4.39 Å². The Kier molecular flexibility index (Phi) is 4.89. The Morgan fingerprint density at radius 3 is 2.50 bits per heavy atom. The number of ether oxygens (including phenoxy) is 1. The van der Waals surface area contributed by atoms with Gasteiger partial charge < -0.3 is 4.74 Å². The second-order valence-electron chi connectivity index (χ2n) is 4.97. The van der Waals surface area contributed by atoms with Crippen LogP contribution in [0, 0.1) is 29.0 Å². The number of carbonyl (C=O) groups excluding carboxylic acids is 1. The van der Waals surface area contributed by atoms with Gasteiger partial charge in [-0.1, -0.05) is 6.08 Å². The summed E-state index contributed by atoms with van der Waals surface area (Å²) in [7, 11) is 0. The van der Waals surface area contributed by atoms with E-state index in [1.165, 1.54) is 30.3 Å². The van der Waals surface area contributed by atoms with Crippen LogP contribution in [0.25, 0.3) is 0 Å². The van der Waals surface area contributed by atoms with Crippen LogP contribution in [0.15, 0.2) is 36.4 Å². The number of halogens is 1. The molecule has 0 saturated heterocycles. The molecule has 104 valence electrons. The Morgan fingerprint density at radius 2 is 1.90 bits per heavy atom. The highest BCUT2D eigenvalue weighted by Gasteiger charge is 2.26. The lowest BCUT2D eigenvalue weighted by Gasteiger charge is -2.25. The Bertz CT molecular complexity index is 522. The monoisotopic (exact) mass is 273 g/mol. The van der Waals surface area contributed by atoms with Crippen LogP contribution in [0.2, 0.25) is 0 Å². The number of hydrogen-bond donors (Lipinski definition) is 0. The van der Waals surface area contributed by atoms with Crippen molar-refractivity contribution in [1.29, 1.82) is 5.26 Å². The summed E-state index contributed by atoms with van der Waals surface area (Å²) in [6.07, 6.45) is 6.72. The molecule has 0 bridgehead atoms. The molecular weight excluding hydrogens is 257 g/mol. The summed E-state index contributed by atoms with van der Waals surface area (Å²) < 4.78 is 18.0. The van der Waals surface area contributed by atoms with Crippen LogP contribution in [0.1, 0.15) is 25.7 Å². The highest BCUT2D eigenvalue weighted by molar-refractivity contribution is 5.75. The van der Waals surface area contributed by atoms with Gasteiger partial charge in [-0.05, 0) is 55.9 Å². The van der Waals surface area contributed by atoms with Crippen molar-refractivity contribution in [3.8, 4) is 11.8 Å². The fourth-order valence-corrected chi connectivity index (χ4v) is 2.43. The lowest BCUT2D eigenvalue weighted by Crippen LogP contribution is -2.25. The third-order valence-electron chi connectivity index (χ3n) is 3.58. The number of esters is 1. The second-order valence-corrected chi connectivity index (χ2v) is 4.97. The summed E-state index contributed by atoms with van der Waals surface area (Å²) in [6, 6.07) is 7.43. The number of carbonyl (C=O) groups is 1. The van der Waals surface area contributed by atoms with E-state index in [0.29, 0.717) is 11.7 Å². The number of hydrogen-bond acceptors (Lipinski definition) is 3. The number of nitrogens with zero attached hydrogens (tertiary/aromatic N) is 1. The quantitative estimate of drug-likeness (QED) is 0.480. The second kappa shape index (κ2) is 6.85. The van der Waals surface area contributed by atoms with E-state index in [2.05, 4.69) is 0 Å². The lowest BCUT2D eigenvalue weighted by atomic mass is 9.82. The van der Waals surface area contributed by atoms with Crippen LogP contribution in [0.4, 0.5) is 4.39 Å². The summed E-state index contributed by atoms with van der Waals surface area (Å²) in [5, 5.41) is 8.48. The van der Waals surface area contributed by atoms with Crippen molar-refractivity contribution >= 4 is 5.97 Å². The molecule has 1 fully saturated rings. The van der Waals surface area contributed by atoms with Crippen LogP contribution in [-0.2, 0) is 4.79 Å². The molecule has 1 aliphatic rings. The average Bonchev–Trinajstić information content (AvgIpc) is 2.48. The average molecular weight is 273 g/mol. The molecule has 0 aromatic heterocycles. The molecule has 0 amide bonds. The number of rotatable bonds is 3. The van der Waals surface area contributed by atoms with Crippen molar-refractivity contribution < 1.29 is 13.9 Å². The molecule has 3 nitrogen and oxygen atoms in total. The molecule has 0 radical (unpaired) electrons. The van der Waals surface area contributed by atoms with Gasteiger partial charge in [-0.15, -0.1) is 0 Å². The number of allylic oxidation sites excluding steroid dienone is 2. The number of benzene rings is 1. The smallest absolute Gasteiger partial charge is 0.314 e. The van der Waals surface area contributed by atoms with E-state index >= 15 is 0 Å². The molecule has 0 spiro atoms. The topological polar surface area (TPSA) is 50.1 Å². The zero-order chi connectivity index (χ0) is 14.4. The van der Waals surface area contributed by atoms with Gasteiger partial charge in [-0.2, -0.15) is 5.26 Å². The van der Waals surface area contributed by atoms with Gasteiger partial charge in [0, 0.05) is 6.08 Å². The van der Waals surface area contributed by atoms with E-state index in [0.717, 1.165) is 25.7 Å². The summed E-state index contributed by atoms with van der Waals surface area (Å²) >= 11 is 0. The normalized spacial score (nSPS) is 22.4. The van der Waals surface area contributed by atoms with Crippen molar-refractivity contribution in [2.75, 3.05) is 0 Å². The van der Waals surface area contributed by atoms with Crippen molar-refractivity contribution in [3.63, 3.8) is 0 Å². The van der Waals surface area contributed by atoms with Crippen molar-refractivity contribution in [1.82, 2.24) is 0 Å². The molecule has 0 atom stereocenters. The van der Waals surface area contributed by atoms with Crippen LogP contribution in [0.3, 0.4) is 0 Å². The van der Waals surface area contributed by atoms with Gasteiger partial charge in [0.25, 0.3) is 0 Å². The number of nitriles is 1. The van der Waals surface area contributed by atoms with Gasteiger partial charge in [0.2, 0.25) is 0 Å². The molecule has 1 saturated carbocycles. The molecule has 0 unspecified atom stereocenters. The van der Waals surface area contributed by atoms with E-state index in [1.54, 1.807) is 0 Å². The maximum Gasteiger partial charge on any atom is 0.314 e. The van der Waals surface area contributed by atoms with Crippen LogP contribution >= 0.6 is 0 Å². The molecule has 0 heterocycles. The van der Waals surface area contributed by atoms with Gasteiger partial charge in [0.15, 0.2) is 0 Å². The lowest BCUT2D eigenvalue weighted by molar-refractivity contribution is -0.140. The van der Waals surface area contributed by atoms with Crippen LogP contribution < -0.4 is 4.74 Å². The highest BCUT2D eigenvalue weighted by Crippen LogP contribution is 2.30. The highest BCUT2D eigenvalue weighted by atomic mass is 19.1. The van der Waals surface area contributed by atoms with E-state index in [9.17, 15) is 9.18 Å². The summed E-state index contributed by atoms with van der Waals surface area (Å²) in [6.45, 7) is 0. The minimum Gasteiger partial charge on any atom is -0.426 e. The first-order chi connectivity index (χ1) is 9.69. The zero-order valence-electron chi connectivity index (χ0n) is 11.1. The van der Waals surface area contributed by atoms with Gasteiger partial charge >= 0.3 is 5.97 Å². The predicted octanol–water partition coefficient (Wildman–Crippen LogP) is 3.62. The molecular formula is C16H16FNO2. The first-order valence-electron chi connectivity index (χ1n) is 6.72. The molecule has 0 aliphatic heterocycles. The summed E-state index contributed by atoms with van der Waals surface area (Å²) in [4.78, 5) is 12.0. The maximum absolute atomic E-state index is 12.8. The Hall–Kier alpha value is -2.15. The predicted molar refractivity (Wildman–Crippen MR) is 72.2 cm³/mol. The Morgan fingerprint density at radius 1 is 1.25 bits per heavy atom. The Labute approximate surface area is 117 Å². The summed E-state index contributed by atoms with van der Waals surface area (Å²) in [5.74, 6) is 0.0492. The van der Waals surface area contributed by atoms with Crippen molar-refractivity contribution in [2.24, 2.45) is 11.8 Å². The standard InChI is InChI=1S/C16H16FNO2/c17-14-7-9-15(10-8-14)20-16(19)13-5-3-12(4-6-13)2-1-11-18/h1-2,7-10,12-13H,3-6H2. The maximum atomic E-state index is 12.8. The molecule has 1 aromatic carbocycles. The van der Waals surface area contributed by atoms with Crippen molar-refractivity contribution in [3.05, 3.63) is 42.2 Å². The van der Waals surface area contributed by atoms with E-state index in [-0.39, 0.29) is 17.7 Å². The molecule has 4 heteroatoms. The fraction of sp³-hybridized carbons (Fsp3) is 0.375. The molecule has 20 heavy (non-hydrogen) atoms. The molecule has 0 N–H and O–H groups in total. The minimum atomic E-state index is -0.352. The fourth-order valence-electron chi connectivity index (χ4n) is 2.43. The Balaban J connectivity index is 1.84. The van der Waals surface area contributed by atoms with Crippen molar-refractivity contribution in [2.45, 2.75) is 25.7 Å². The summed E-state index contributed by atoms with van der Waals surface area (Å²) in [5.41, 5.74) is 0. The van der Waals surface area contributed by atoms with E-state index in [1.807, 2.05) is 12.1 Å². The van der Waals surface area contributed by atoms with E-state index < -0.39 is 0 Å². The molecule has 1 aromatic rings. The molecule has 2 rings (SSSR count). The van der Waals surface area contributed by atoms with Gasteiger partial charge in [0.1, 0.15) is 11.6 Å². The molecule has 1 aliphatic carbocycles. The van der Waals surface area contributed by atoms with Gasteiger partial charge in [-0.3, -0.25) is 4.79 Å². The first-order valence-corrected chi connectivity index (χ1v) is 6.72. The first kappa shape index (κ1) is 14.3. The SMILES string of the molecule is N#CC=CC1CCC(C(=O)Oc2ccc(F)cc2)CC1. The zero-order valence-corrected chi connectivity index (χ0v) is 11.1. The third kappa shape index (κ3) is 3.92. The van der Waals surface area contributed by atoms with Crippen LogP contribution in [-0.4, -0.2) is 5.97 Å². The minimum absolute atomic E-state index is 0.105. The van der Waals surface area contributed by atoms with Gasteiger partial charge in [0.05, 0.1) is 12.0 Å². The third-order valence-corrected chi connectivity index (χ3v) is 3.58. The largest absolute Gasteiger partial charge is 0.426 e.